The molecule has 16 nitrogen and oxygen atoms in total. The summed E-state index contributed by atoms with van der Waals surface area (Å²) < 4.78 is 31.5. The largest absolute Gasteiger partial charge is 0.394 e. The van der Waals surface area contributed by atoms with Gasteiger partial charge in [0.1, 0.15) is 73.2 Å². The fraction of sp³-hybridized carbons (Fsp3) is 1.00. The average molecular weight is 518 g/mol. The van der Waals surface area contributed by atoms with Gasteiger partial charge >= 0.3 is 0 Å². The predicted octanol–water partition coefficient (Wildman–Crippen LogP) is -6.92. The first-order valence-corrected chi connectivity index (χ1v) is 11.0. The van der Waals surface area contributed by atoms with Crippen molar-refractivity contribution in [2.75, 3.05) is 26.9 Å². The van der Waals surface area contributed by atoms with Gasteiger partial charge in [0.25, 0.3) is 0 Å². The van der Waals surface area contributed by atoms with E-state index in [9.17, 15) is 51.1 Å². The van der Waals surface area contributed by atoms with Crippen molar-refractivity contribution in [2.45, 2.75) is 92.1 Å². The molecule has 0 saturated carbocycles. The van der Waals surface area contributed by atoms with Crippen LogP contribution in [-0.4, -0.2) is 170 Å². The van der Waals surface area contributed by atoms with Gasteiger partial charge < -0.3 is 79.5 Å². The van der Waals surface area contributed by atoms with E-state index in [4.69, 9.17) is 28.4 Å². The molecule has 0 aliphatic carbocycles. The molecule has 3 fully saturated rings. The molecule has 3 aliphatic heterocycles. The topological polar surface area (TPSA) is 258 Å². The zero-order chi connectivity index (χ0) is 26.0. The smallest absolute Gasteiger partial charge is 0.187 e. The number of hydrogen-bond donors (Lipinski definition) is 10. The first-order valence-electron chi connectivity index (χ1n) is 11.0. The minimum absolute atomic E-state index is 0.588. The lowest BCUT2D eigenvalue weighted by atomic mass is 9.96. The van der Waals surface area contributed by atoms with Crippen LogP contribution in [0.25, 0.3) is 0 Å². The van der Waals surface area contributed by atoms with Crippen molar-refractivity contribution in [1.29, 1.82) is 0 Å². The molecule has 10 N–H and O–H groups in total. The van der Waals surface area contributed by atoms with E-state index in [1.807, 2.05) is 0 Å². The van der Waals surface area contributed by atoms with E-state index in [0.29, 0.717) is 0 Å². The van der Waals surface area contributed by atoms with Gasteiger partial charge in [-0.15, -0.1) is 0 Å². The second-order valence-electron chi connectivity index (χ2n) is 8.58. The molecule has 16 heteroatoms. The third kappa shape index (κ3) is 5.93. The highest BCUT2D eigenvalue weighted by molar-refractivity contribution is 4.95. The van der Waals surface area contributed by atoms with Crippen LogP contribution in [0.4, 0.5) is 0 Å². The molecule has 0 radical (unpaired) electrons. The second kappa shape index (κ2) is 12.3. The first kappa shape index (κ1) is 28.9. The van der Waals surface area contributed by atoms with Crippen LogP contribution in [-0.2, 0) is 28.4 Å². The zero-order valence-electron chi connectivity index (χ0n) is 18.7. The normalized spacial score (nSPS) is 51.3. The van der Waals surface area contributed by atoms with Gasteiger partial charge in [-0.2, -0.15) is 0 Å². The second-order valence-corrected chi connectivity index (χ2v) is 8.58. The maximum Gasteiger partial charge on any atom is 0.187 e. The molecule has 0 amide bonds. The Morgan fingerprint density at radius 2 is 1.17 bits per heavy atom. The molecule has 0 spiro atoms. The summed E-state index contributed by atoms with van der Waals surface area (Å²) in [5.74, 6) is 0. The molecule has 3 aliphatic rings. The van der Waals surface area contributed by atoms with Crippen molar-refractivity contribution in [3.63, 3.8) is 0 Å². The predicted molar refractivity (Wildman–Crippen MR) is 106 cm³/mol. The van der Waals surface area contributed by atoms with Gasteiger partial charge in [0.05, 0.1) is 19.8 Å². The van der Waals surface area contributed by atoms with E-state index >= 15 is 0 Å². The molecule has 0 bridgehead atoms. The summed E-state index contributed by atoms with van der Waals surface area (Å²) in [6, 6.07) is 0. The van der Waals surface area contributed by atoms with Crippen molar-refractivity contribution >= 4 is 0 Å². The summed E-state index contributed by atoms with van der Waals surface area (Å²) >= 11 is 0. The molecular formula is C19H34O16. The van der Waals surface area contributed by atoms with Crippen molar-refractivity contribution in [1.82, 2.24) is 0 Å². The van der Waals surface area contributed by atoms with Crippen LogP contribution in [0, 0.1) is 0 Å². The maximum atomic E-state index is 10.7. The van der Waals surface area contributed by atoms with Crippen molar-refractivity contribution < 1.29 is 79.5 Å². The third-order valence-electron chi connectivity index (χ3n) is 6.32. The summed E-state index contributed by atoms with van der Waals surface area (Å²) in [5.41, 5.74) is 0. The van der Waals surface area contributed by atoms with Crippen LogP contribution < -0.4 is 0 Å². The molecule has 0 aromatic carbocycles. The van der Waals surface area contributed by atoms with Gasteiger partial charge in [-0.05, 0) is 0 Å². The van der Waals surface area contributed by atoms with Crippen LogP contribution in [0.5, 0.6) is 0 Å². The molecule has 0 aromatic rings. The SMILES string of the molecule is CO[C@H]1[C@H](O)[C@H](O)[C@@H](O[C@@H]2[C@H](O)[C@H](O)O[C@H](CO[C@H]3O[C@H](CO)[C@@H](O)[C@H](O)[C@@H]3O)[C@H]2O)O[C@@H]1CO. The van der Waals surface area contributed by atoms with Crippen LogP contribution >= 0.6 is 0 Å². The van der Waals surface area contributed by atoms with E-state index in [1.165, 1.54) is 7.11 Å². The van der Waals surface area contributed by atoms with Gasteiger partial charge in [0.2, 0.25) is 0 Å². The Balaban J connectivity index is 1.66. The molecule has 15 atom stereocenters. The Morgan fingerprint density at radius 3 is 1.77 bits per heavy atom. The number of aliphatic hydroxyl groups is 10. The van der Waals surface area contributed by atoms with E-state index in [0.717, 1.165) is 0 Å². The number of ether oxygens (including phenoxy) is 6. The quantitative estimate of drug-likeness (QED) is 0.143. The molecule has 3 heterocycles. The third-order valence-corrected chi connectivity index (χ3v) is 6.32. The fourth-order valence-electron chi connectivity index (χ4n) is 4.22. The summed E-state index contributed by atoms with van der Waals surface area (Å²) in [6.45, 7) is -1.89. The molecule has 3 rings (SSSR count). The highest BCUT2D eigenvalue weighted by Crippen LogP contribution is 2.30. The van der Waals surface area contributed by atoms with Gasteiger partial charge in [-0.1, -0.05) is 0 Å². The minimum atomic E-state index is -1.90. The maximum absolute atomic E-state index is 10.7. The Morgan fingerprint density at radius 1 is 0.571 bits per heavy atom. The van der Waals surface area contributed by atoms with Crippen molar-refractivity contribution in [3.05, 3.63) is 0 Å². The zero-order valence-corrected chi connectivity index (χ0v) is 18.7. The molecule has 3 saturated heterocycles. The lowest BCUT2D eigenvalue weighted by Gasteiger charge is -2.46. The van der Waals surface area contributed by atoms with Gasteiger partial charge in [0.15, 0.2) is 18.9 Å². The van der Waals surface area contributed by atoms with Crippen molar-refractivity contribution in [2.24, 2.45) is 0 Å². The monoisotopic (exact) mass is 518 g/mol. The Labute approximate surface area is 199 Å². The van der Waals surface area contributed by atoms with Gasteiger partial charge in [-0.25, -0.2) is 0 Å². The molecule has 35 heavy (non-hydrogen) atoms. The highest BCUT2D eigenvalue weighted by atomic mass is 16.7. The van der Waals surface area contributed by atoms with E-state index in [2.05, 4.69) is 0 Å². The van der Waals surface area contributed by atoms with E-state index < -0.39 is 112 Å². The van der Waals surface area contributed by atoms with E-state index in [1.54, 1.807) is 0 Å². The average Bonchev–Trinajstić information content (AvgIpc) is 2.85. The van der Waals surface area contributed by atoms with Crippen LogP contribution in [0.3, 0.4) is 0 Å². The summed E-state index contributed by atoms with van der Waals surface area (Å²) in [6.07, 6.45) is -23.5. The first-order chi connectivity index (χ1) is 16.5. The summed E-state index contributed by atoms with van der Waals surface area (Å²) in [7, 11) is 1.23. The highest BCUT2D eigenvalue weighted by Gasteiger charge is 2.51. The molecular weight excluding hydrogens is 484 g/mol. The number of rotatable bonds is 8. The van der Waals surface area contributed by atoms with Crippen LogP contribution in [0.2, 0.25) is 0 Å². The molecule has 0 unspecified atom stereocenters. The lowest BCUT2D eigenvalue weighted by Crippen LogP contribution is -2.65. The minimum Gasteiger partial charge on any atom is -0.394 e. The van der Waals surface area contributed by atoms with Crippen molar-refractivity contribution in [3.8, 4) is 0 Å². The lowest BCUT2D eigenvalue weighted by molar-refractivity contribution is -0.362. The molecule has 0 aromatic heterocycles. The Bertz CT molecular complexity index is 652. The number of methoxy groups -OCH3 is 1. The standard InChI is InChI=1S/C19H34O16/c1-30-15-6(3-21)34-19(13(27)11(15)25)35-16-9(23)7(32-17(29)14(16)28)4-31-18-12(26)10(24)8(22)5(2-20)33-18/h5-29H,2-4H2,1H3/t5-,6-,7-,8-,9-,10+,11-,12+,13+,14+,15-,16+,17-,18+,19-/m1/s1. The van der Waals surface area contributed by atoms with Crippen LogP contribution in [0.15, 0.2) is 0 Å². The number of hydrogen-bond acceptors (Lipinski definition) is 16. The van der Waals surface area contributed by atoms with Crippen LogP contribution in [0.1, 0.15) is 0 Å². The van der Waals surface area contributed by atoms with Gasteiger partial charge in [-0.3, -0.25) is 0 Å². The fourth-order valence-corrected chi connectivity index (χ4v) is 4.22. The Kier molecular flexibility index (Phi) is 10.1. The Hall–Kier alpha value is -0.640. The summed E-state index contributed by atoms with van der Waals surface area (Å²) in [5, 5.41) is 100. The van der Waals surface area contributed by atoms with E-state index in [-0.39, 0.29) is 0 Å². The molecule has 206 valence electrons. The summed E-state index contributed by atoms with van der Waals surface area (Å²) in [4.78, 5) is 0. The number of aliphatic hydroxyl groups excluding tert-OH is 10. The van der Waals surface area contributed by atoms with Gasteiger partial charge in [0, 0.05) is 7.11 Å².